The van der Waals surface area contributed by atoms with Crippen molar-refractivity contribution in [3.63, 3.8) is 0 Å². The van der Waals surface area contributed by atoms with Gasteiger partial charge in [-0.05, 0) is 77.4 Å². The Labute approximate surface area is 253 Å². The zero-order chi connectivity index (χ0) is 30.1. The van der Waals surface area contributed by atoms with Gasteiger partial charge in [0.2, 0.25) is 0 Å². The number of carbonyl (C=O) groups excluding carboxylic acids is 2. The van der Waals surface area contributed by atoms with Crippen LogP contribution in [0, 0.1) is 18.6 Å². The predicted octanol–water partition coefficient (Wildman–Crippen LogP) is 6.62. The fourth-order valence-electron chi connectivity index (χ4n) is 4.78. The third-order valence-corrected chi connectivity index (χ3v) is 8.17. The lowest BCUT2D eigenvalue weighted by Crippen LogP contribution is -2.42. The molecule has 220 valence electrons. The van der Waals surface area contributed by atoms with Gasteiger partial charge >= 0.3 is 5.97 Å². The third-order valence-electron chi connectivity index (χ3n) is 6.76. The molecule has 1 N–H and O–H groups in total. The third kappa shape index (κ3) is 8.47. The molecule has 0 aliphatic rings. The summed E-state index contributed by atoms with van der Waals surface area (Å²) >= 11 is 3.09. The molecule has 4 rings (SSSR count). The van der Waals surface area contributed by atoms with Gasteiger partial charge in [-0.25, -0.2) is 13.6 Å². The van der Waals surface area contributed by atoms with E-state index in [9.17, 15) is 18.4 Å². The molecule has 0 spiro atoms. The maximum absolute atomic E-state index is 14.0. The highest BCUT2D eigenvalue weighted by atomic mass is 32.2. The number of amides is 1. The lowest BCUT2D eigenvalue weighted by Gasteiger charge is -2.23. The fourth-order valence-corrected chi connectivity index (χ4v) is 5.88. The van der Waals surface area contributed by atoms with E-state index < -0.39 is 23.6 Å². The molecule has 10 heteroatoms. The van der Waals surface area contributed by atoms with E-state index in [-0.39, 0.29) is 5.91 Å². The molecule has 0 saturated carbocycles. The minimum absolute atomic E-state index is 0.310. The molecule has 0 aliphatic heterocycles. The summed E-state index contributed by atoms with van der Waals surface area (Å²) in [7, 11) is 1.31. The van der Waals surface area contributed by atoms with Crippen LogP contribution in [0.1, 0.15) is 38.3 Å². The predicted molar refractivity (Wildman–Crippen MR) is 164 cm³/mol. The van der Waals surface area contributed by atoms with Crippen LogP contribution in [0.3, 0.4) is 0 Å². The summed E-state index contributed by atoms with van der Waals surface area (Å²) in [5, 5.41) is 2.87. The molecule has 1 amide bonds. The first-order valence-electron chi connectivity index (χ1n) is 13.4. The van der Waals surface area contributed by atoms with Crippen molar-refractivity contribution in [3.05, 3.63) is 111 Å². The van der Waals surface area contributed by atoms with Crippen molar-refractivity contribution in [1.82, 2.24) is 15.2 Å². The fraction of sp³-hybridized carbons (Fsp3) is 0.281. The van der Waals surface area contributed by atoms with Crippen molar-refractivity contribution in [3.8, 4) is 11.1 Å². The molecule has 1 aromatic heterocycles. The summed E-state index contributed by atoms with van der Waals surface area (Å²) in [6.07, 6.45) is 4.17. The Morgan fingerprint density at radius 1 is 1.00 bits per heavy atom. The Morgan fingerprint density at radius 2 is 1.74 bits per heavy atom. The van der Waals surface area contributed by atoms with Gasteiger partial charge in [0.05, 0.1) is 12.6 Å². The van der Waals surface area contributed by atoms with Gasteiger partial charge in [-0.15, -0.1) is 11.3 Å². The van der Waals surface area contributed by atoms with Crippen LogP contribution in [0.5, 0.6) is 0 Å². The van der Waals surface area contributed by atoms with E-state index in [1.165, 1.54) is 30.6 Å². The zero-order valence-electron chi connectivity index (χ0n) is 23.7. The lowest BCUT2D eigenvalue weighted by atomic mass is 9.93. The largest absolute Gasteiger partial charge is 0.467 e. The second kappa shape index (κ2) is 15.0. The number of methoxy groups -OCH3 is 1. The molecule has 0 radical (unpaired) electrons. The van der Waals surface area contributed by atoms with Crippen LogP contribution < -0.4 is 5.32 Å². The maximum atomic E-state index is 14.0. The van der Waals surface area contributed by atoms with Crippen molar-refractivity contribution in [2.45, 2.75) is 39.0 Å². The smallest absolute Gasteiger partial charge is 0.328 e. The van der Waals surface area contributed by atoms with Gasteiger partial charge in [-0.2, -0.15) is 11.8 Å². The summed E-state index contributed by atoms with van der Waals surface area (Å²) in [4.78, 5) is 33.2. The number of thioether (sulfide) groups is 1. The number of rotatable bonds is 13. The molecular weight excluding hydrogens is 577 g/mol. The summed E-state index contributed by atoms with van der Waals surface area (Å²) < 4.78 is 32.9. The molecule has 4 aromatic rings. The topological polar surface area (TPSA) is 71.5 Å². The number of hydrogen-bond donors (Lipinski definition) is 1. The van der Waals surface area contributed by atoms with Gasteiger partial charge in [0.25, 0.3) is 5.91 Å². The average molecular weight is 610 g/mol. The van der Waals surface area contributed by atoms with Crippen molar-refractivity contribution in [2.24, 2.45) is 0 Å². The molecule has 3 aromatic carbocycles. The number of benzene rings is 3. The Hall–Kier alpha value is -3.60. The number of aryl methyl sites for hydroxylation is 1. The average Bonchev–Trinajstić information content (AvgIpc) is 3.47. The van der Waals surface area contributed by atoms with Crippen LogP contribution in [-0.4, -0.2) is 46.9 Å². The monoisotopic (exact) mass is 609 g/mol. The highest BCUT2D eigenvalue weighted by molar-refractivity contribution is 7.98. The van der Waals surface area contributed by atoms with Gasteiger partial charge in [0.15, 0.2) is 0 Å². The van der Waals surface area contributed by atoms with Crippen molar-refractivity contribution in [1.29, 1.82) is 0 Å². The number of nitrogens with zero attached hydrogens (tertiary/aromatic N) is 2. The van der Waals surface area contributed by atoms with Crippen LogP contribution in [0.15, 0.2) is 72.4 Å². The van der Waals surface area contributed by atoms with Gasteiger partial charge in [0, 0.05) is 42.3 Å². The first kappa shape index (κ1) is 31.3. The van der Waals surface area contributed by atoms with E-state index in [2.05, 4.69) is 15.2 Å². The van der Waals surface area contributed by atoms with Gasteiger partial charge < -0.3 is 10.1 Å². The van der Waals surface area contributed by atoms with Crippen LogP contribution in [0.4, 0.5) is 8.78 Å². The van der Waals surface area contributed by atoms with Crippen LogP contribution in [0.25, 0.3) is 11.1 Å². The Morgan fingerprint density at radius 3 is 2.40 bits per heavy atom. The van der Waals surface area contributed by atoms with E-state index in [1.807, 2.05) is 49.6 Å². The molecular formula is C32H33F2N3O3S2. The normalized spacial score (nSPS) is 11.9. The van der Waals surface area contributed by atoms with Gasteiger partial charge in [0.1, 0.15) is 17.7 Å². The van der Waals surface area contributed by atoms with E-state index in [0.717, 1.165) is 33.2 Å². The first-order chi connectivity index (χ1) is 20.3. The molecule has 42 heavy (non-hydrogen) atoms. The molecule has 0 aliphatic carbocycles. The minimum atomic E-state index is -0.763. The van der Waals surface area contributed by atoms with Crippen molar-refractivity contribution in [2.75, 3.05) is 19.1 Å². The number of ether oxygens (including phenoxy) is 1. The molecule has 1 atom stereocenters. The first-order valence-corrected chi connectivity index (χ1v) is 15.7. The van der Waals surface area contributed by atoms with Gasteiger partial charge in [-0.1, -0.05) is 30.3 Å². The lowest BCUT2D eigenvalue weighted by molar-refractivity contribution is -0.142. The van der Waals surface area contributed by atoms with Gasteiger partial charge in [-0.3, -0.25) is 14.7 Å². The van der Waals surface area contributed by atoms with Crippen molar-refractivity contribution < 1.29 is 23.1 Å². The van der Waals surface area contributed by atoms with Crippen LogP contribution in [-0.2, 0) is 29.2 Å². The summed E-state index contributed by atoms with van der Waals surface area (Å²) in [6.45, 7) is 3.27. The second-order valence-corrected chi connectivity index (χ2v) is 11.9. The zero-order valence-corrected chi connectivity index (χ0v) is 25.4. The second-order valence-electron chi connectivity index (χ2n) is 9.92. The SMILES string of the molecule is COC(=O)C(CCSC)NC(=O)c1ccc(CN(Cc2cc(F)cc(F)c2)Cc2cncs2)cc1-c1ccccc1C. The molecule has 0 bridgehead atoms. The van der Waals surface area contributed by atoms with E-state index in [0.29, 0.717) is 42.9 Å². The molecule has 0 fully saturated rings. The number of thiazole rings is 1. The van der Waals surface area contributed by atoms with E-state index in [1.54, 1.807) is 29.5 Å². The van der Waals surface area contributed by atoms with Crippen molar-refractivity contribution >= 4 is 35.0 Å². The number of esters is 1. The Balaban J connectivity index is 1.68. The Kier molecular flexibility index (Phi) is 11.2. The van der Waals surface area contributed by atoms with E-state index >= 15 is 0 Å². The molecule has 1 unspecified atom stereocenters. The van der Waals surface area contributed by atoms with Crippen LogP contribution in [0.2, 0.25) is 0 Å². The summed E-state index contributed by atoms with van der Waals surface area (Å²) in [5.74, 6) is -1.41. The summed E-state index contributed by atoms with van der Waals surface area (Å²) in [6, 6.07) is 16.2. The minimum Gasteiger partial charge on any atom is -0.467 e. The summed E-state index contributed by atoms with van der Waals surface area (Å²) in [5.41, 5.74) is 6.24. The van der Waals surface area contributed by atoms with E-state index in [4.69, 9.17) is 4.74 Å². The quantitative estimate of drug-likeness (QED) is 0.172. The Bertz CT molecular complexity index is 1490. The number of carbonyl (C=O) groups is 2. The highest BCUT2D eigenvalue weighted by Gasteiger charge is 2.24. The number of aromatic nitrogens is 1. The molecule has 1 heterocycles. The number of hydrogen-bond acceptors (Lipinski definition) is 7. The van der Waals surface area contributed by atoms with Crippen LogP contribution >= 0.6 is 23.1 Å². The maximum Gasteiger partial charge on any atom is 0.328 e. The number of nitrogens with one attached hydrogen (secondary N) is 1. The molecule has 6 nitrogen and oxygen atoms in total. The molecule has 0 saturated heterocycles. The standard InChI is InChI=1S/C32H33F2N3O3S2/c1-21-6-4-5-7-27(21)29-14-22(8-9-28(29)31(38)36-30(10-11-41-3)32(39)40-2)17-37(19-26-16-35-20-42-26)18-23-12-24(33)15-25(34)13-23/h4-9,12-16,20,30H,10-11,17-19H2,1-3H3,(H,36,38). The highest BCUT2D eigenvalue weighted by Crippen LogP contribution is 2.29. The number of halogens is 2.